The molecule has 0 N–H and O–H groups in total. The molecule has 0 aliphatic heterocycles. The molecule has 3 aromatic rings. The van der Waals surface area contributed by atoms with Gasteiger partial charge in [0.15, 0.2) is 0 Å². The fourth-order valence-corrected chi connectivity index (χ4v) is 20.2. The van der Waals surface area contributed by atoms with E-state index in [1.165, 1.54) is 100 Å². The molecular formula is C92H146. The van der Waals surface area contributed by atoms with Gasteiger partial charge in [-0.25, -0.2) is 0 Å². The van der Waals surface area contributed by atoms with Crippen molar-refractivity contribution in [3.05, 3.63) is 161 Å². The molecule has 8 aliphatic rings. The molecule has 92 heavy (non-hydrogen) atoms. The maximum atomic E-state index is 2.51. The highest BCUT2D eigenvalue weighted by Crippen LogP contribution is 2.79. The molecule has 0 bridgehead atoms. The fourth-order valence-electron chi connectivity index (χ4n) is 20.2. The molecule has 0 saturated heterocycles. The van der Waals surface area contributed by atoms with Crippen LogP contribution < -0.4 is 0 Å². The third-order valence-electron chi connectivity index (χ3n) is 31.7. The zero-order valence-corrected chi connectivity index (χ0v) is 66.4. The van der Waals surface area contributed by atoms with Crippen molar-refractivity contribution in [3.8, 4) is 11.1 Å². The van der Waals surface area contributed by atoms with E-state index in [-0.39, 0.29) is 60.2 Å². The number of hydrogen-bond acceptors (Lipinski definition) is 0. The Bertz CT molecular complexity index is 3620. The molecule has 2 atom stereocenters. The van der Waals surface area contributed by atoms with Crippen molar-refractivity contribution in [2.45, 2.75) is 332 Å². The van der Waals surface area contributed by atoms with Gasteiger partial charge in [0.2, 0.25) is 0 Å². The van der Waals surface area contributed by atoms with Crippen LogP contribution >= 0.6 is 0 Å². The Labute approximate surface area is 573 Å². The van der Waals surface area contributed by atoms with Crippen molar-refractivity contribution in [2.75, 3.05) is 0 Å². The van der Waals surface area contributed by atoms with Gasteiger partial charge in [-0.1, -0.05) is 221 Å². The summed E-state index contributed by atoms with van der Waals surface area (Å²) >= 11 is 0. The maximum absolute atomic E-state index is 2.51. The predicted octanol–water partition coefficient (Wildman–Crippen LogP) is 29.1. The molecule has 2 unspecified atom stereocenters. The Morgan fingerprint density at radius 1 is 0.196 bits per heavy atom. The third kappa shape index (κ3) is 10.2. The Kier molecular flexibility index (Phi) is 21.6. The molecule has 8 aliphatic carbocycles. The molecule has 0 aromatic heterocycles. The Morgan fingerprint density at radius 2 is 0.424 bits per heavy atom. The van der Waals surface area contributed by atoms with Crippen molar-refractivity contribution in [1.29, 1.82) is 0 Å². The minimum absolute atomic E-state index is 0. The van der Waals surface area contributed by atoms with E-state index in [1.54, 1.807) is 78.0 Å². The van der Waals surface area contributed by atoms with Crippen molar-refractivity contribution >= 4 is 5.57 Å². The van der Waals surface area contributed by atoms with Gasteiger partial charge in [-0.15, -0.1) is 0 Å². The molecule has 0 fully saturated rings. The lowest BCUT2D eigenvalue weighted by molar-refractivity contribution is 0.0544. The number of benzene rings is 3. The lowest BCUT2D eigenvalue weighted by Gasteiger charge is -2.48. The minimum Gasteiger partial charge on any atom is -0.0776 e. The lowest BCUT2D eigenvalue weighted by Crippen LogP contribution is -2.41. The topological polar surface area (TPSA) is 0 Å². The van der Waals surface area contributed by atoms with Crippen LogP contribution in [0.5, 0.6) is 0 Å². The second-order valence-corrected chi connectivity index (χ2v) is 35.7. The molecule has 0 saturated carbocycles. The second-order valence-electron chi connectivity index (χ2n) is 35.7. The summed E-state index contributed by atoms with van der Waals surface area (Å²) in [6.45, 7) is 102. The summed E-state index contributed by atoms with van der Waals surface area (Å²) in [4.78, 5) is 0. The third-order valence-corrected chi connectivity index (χ3v) is 31.7. The number of rotatable bonds is 0. The summed E-state index contributed by atoms with van der Waals surface area (Å²) in [5.74, 6) is 3.04. The first-order valence-corrected chi connectivity index (χ1v) is 35.3. The predicted molar refractivity (Wildman–Crippen MR) is 417 cm³/mol. The van der Waals surface area contributed by atoms with E-state index >= 15 is 0 Å². The van der Waals surface area contributed by atoms with E-state index in [4.69, 9.17) is 0 Å². The Balaban J connectivity index is 0.000000249. The quantitative estimate of drug-likeness (QED) is 0.210. The highest BCUT2D eigenvalue weighted by atomic mass is 14.7. The molecule has 0 radical (unpaired) electrons. The Morgan fingerprint density at radius 3 is 0.696 bits per heavy atom. The van der Waals surface area contributed by atoms with Crippen molar-refractivity contribution in [1.82, 2.24) is 0 Å². The number of hydrogen-bond donors (Lipinski definition) is 0. The van der Waals surface area contributed by atoms with Gasteiger partial charge in [0.1, 0.15) is 0 Å². The summed E-state index contributed by atoms with van der Waals surface area (Å²) in [6, 6.07) is 0. The van der Waals surface area contributed by atoms with E-state index in [0.29, 0.717) is 40.4 Å². The van der Waals surface area contributed by atoms with Gasteiger partial charge >= 0.3 is 0 Å². The summed E-state index contributed by atoms with van der Waals surface area (Å²) in [5.41, 5.74) is 52.1. The average molecular weight is 1250 g/mol. The van der Waals surface area contributed by atoms with Gasteiger partial charge in [0.05, 0.1) is 0 Å². The molecule has 0 amide bonds. The van der Waals surface area contributed by atoms with Gasteiger partial charge in [-0.05, 0) is 338 Å². The second kappa shape index (κ2) is 24.7. The van der Waals surface area contributed by atoms with E-state index in [1.807, 2.05) is 0 Å². The first-order chi connectivity index (χ1) is 40.0. The monoisotopic (exact) mass is 1250 g/mol. The van der Waals surface area contributed by atoms with Crippen LogP contribution in [-0.4, -0.2) is 0 Å². The van der Waals surface area contributed by atoms with Crippen LogP contribution in [0.1, 0.15) is 338 Å². The van der Waals surface area contributed by atoms with Crippen molar-refractivity contribution < 1.29 is 0 Å². The van der Waals surface area contributed by atoms with E-state index in [2.05, 4.69) is 298 Å². The SMILES string of the molecule is C.C.C.CC1=C(C)C(C)C(C)=C1C.CC1=C(C)C(C)C2=C1C(C)(C)C(C)(C)C2(C)C.CC1=C(C)C(C)c2c(C)c(C)c(C)c(C)c21.CC1C2=C(C3=C1C(C)(C)C(C)(C)C3(C)C)C(C)(C)C(C)(C)C2(C)C.Cc1c(C)c(C)c2c(c1C)-c1c(C)c(C)c(C)c(C)c1C2C. The van der Waals surface area contributed by atoms with Crippen LogP contribution in [0.25, 0.3) is 16.7 Å². The van der Waals surface area contributed by atoms with Crippen molar-refractivity contribution in [3.63, 3.8) is 0 Å². The smallest absolute Gasteiger partial charge is 0.00789 e. The summed E-state index contributed by atoms with van der Waals surface area (Å²) < 4.78 is 0. The number of fused-ring (bicyclic) bond motifs is 5. The highest BCUT2D eigenvalue weighted by Gasteiger charge is 2.70. The van der Waals surface area contributed by atoms with Gasteiger partial charge < -0.3 is 0 Å². The van der Waals surface area contributed by atoms with E-state index in [0.717, 1.165) is 0 Å². The van der Waals surface area contributed by atoms with E-state index < -0.39 is 0 Å². The molecule has 0 heteroatoms. The van der Waals surface area contributed by atoms with Crippen LogP contribution in [0.2, 0.25) is 0 Å². The molecule has 0 spiro atoms. The normalized spacial score (nSPS) is 23.9. The summed E-state index contributed by atoms with van der Waals surface area (Å²) in [5, 5.41) is 0. The van der Waals surface area contributed by atoms with Crippen LogP contribution in [-0.2, 0) is 0 Å². The molecule has 0 heterocycles. The fraction of sp³-hybridized carbons (Fsp3) is 0.652. The summed E-state index contributed by atoms with van der Waals surface area (Å²) in [7, 11) is 0. The molecule has 514 valence electrons. The first-order valence-electron chi connectivity index (χ1n) is 35.3. The van der Waals surface area contributed by atoms with Gasteiger partial charge in [-0.2, -0.15) is 0 Å². The van der Waals surface area contributed by atoms with Crippen molar-refractivity contribution in [2.24, 2.45) is 66.5 Å². The Hall–Kier alpha value is -4.16. The van der Waals surface area contributed by atoms with Crippen LogP contribution in [0.15, 0.2) is 72.5 Å². The average Bonchev–Trinajstić information content (AvgIpc) is 1.48. The zero-order chi connectivity index (χ0) is 68.9. The molecular weight excluding hydrogens is 1110 g/mol. The van der Waals surface area contributed by atoms with Crippen LogP contribution in [0.4, 0.5) is 0 Å². The highest BCUT2D eigenvalue weighted by molar-refractivity contribution is 5.88. The standard InChI is InChI=1S/C24H40.C22H28.C17H28.C16H22.C10H16.3CH4/c1-14-15-17(21(6,7)23(10,11)19(15,2)3)18-16(14)20(4,5)24(12,13)22(18,8)9;1-10-12(3)16(7)21-19(14(10)5)18(9)20-15(6)11(2)13(4)17(8)22(20)21;1-10-11(2)13-14(12(10)3)16(6,7)17(8,9)15(13,4)5;1-8-9(2)12(5)16-14(7)10(3)13(6)15(16)11(8)4;1-6-7(2)9(4)10(5)8(6)3;;;/h14H,1-13H3;18H,1-9H3;11H,1-9H3;13H,1-7H3;6H,1-5H3;3*1H4. The van der Waals surface area contributed by atoms with Gasteiger partial charge in [-0.3, -0.25) is 0 Å². The zero-order valence-electron chi connectivity index (χ0n) is 66.4. The summed E-state index contributed by atoms with van der Waals surface area (Å²) in [6.07, 6.45) is 0. The minimum atomic E-state index is 0. The first kappa shape index (κ1) is 80.3. The van der Waals surface area contributed by atoms with Crippen LogP contribution in [0.3, 0.4) is 0 Å². The van der Waals surface area contributed by atoms with E-state index in [9.17, 15) is 0 Å². The molecule has 3 aromatic carbocycles. The van der Waals surface area contributed by atoms with Crippen LogP contribution in [0, 0.1) is 150 Å². The maximum Gasteiger partial charge on any atom is 0.00789 e. The van der Waals surface area contributed by atoms with Gasteiger partial charge in [0, 0.05) is 17.8 Å². The molecule has 0 nitrogen and oxygen atoms in total. The largest absolute Gasteiger partial charge is 0.0776 e. The number of allylic oxidation sites excluding steroid dienone is 14. The molecule has 11 rings (SSSR count). The lowest BCUT2D eigenvalue weighted by atomic mass is 9.55. The van der Waals surface area contributed by atoms with Gasteiger partial charge in [0.25, 0.3) is 0 Å².